The molecule has 92 valence electrons. The summed E-state index contributed by atoms with van der Waals surface area (Å²) in [5.74, 6) is 0.400. The van der Waals surface area contributed by atoms with Crippen molar-refractivity contribution in [1.82, 2.24) is 5.32 Å². The van der Waals surface area contributed by atoms with Crippen LogP contribution < -0.4 is 5.32 Å². The minimum atomic E-state index is 0.400. The Balaban J connectivity index is 0. The fourth-order valence-corrected chi connectivity index (χ4v) is 1.19. The van der Waals surface area contributed by atoms with Crippen LogP contribution in [0.4, 0.5) is 0 Å². The van der Waals surface area contributed by atoms with Gasteiger partial charge in [-0.3, -0.25) is 4.79 Å². The summed E-state index contributed by atoms with van der Waals surface area (Å²) in [7, 11) is 0. The largest absolute Gasteiger partial charge is 0.315 e. The van der Waals surface area contributed by atoms with Gasteiger partial charge in [-0.15, -0.1) is 0 Å². The van der Waals surface area contributed by atoms with Gasteiger partial charge in [0.15, 0.2) is 0 Å². The zero-order valence-corrected chi connectivity index (χ0v) is 11.2. The Hall–Kier alpha value is -0.370. The highest BCUT2D eigenvalue weighted by Gasteiger charge is 1.97. The molecule has 0 radical (unpaired) electrons. The summed E-state index contributed by atoms with van der Waals surface area (Å²) in [6.07, 6.45) is 4.90. The van der Waals surface area contributed by atoms with Crippen LogP contribution in [0.2, 0.25) is 0 Å². The molecule has 2 heteroatoms. The molecular formula is C13H29NO. The summed E-state index contributed by atoms with van der Waals surface area (Å²) in [5, 5.41) is 3.36. The van der Waals surface area contributed by atoms with Crippen LogP contribution in [0.1, 0.15) is 66.7 Å². The van der Waals surface area contributed by atoms with Crippen molar-refractivity contribution in [3.8, 4) is 0 Å². The summed E-state index contributed by atoms with van der Waals surface area (Å²) in [6.45, 7) is 11.3. The lowest BCUT2D eigenvalue weighted by Gasteiger charge is -2.06. The van der Waals surface area contributed by atoms with Crippen LogP contribution >= 0.6 is 0 Å². The number of hydrogen-bond acceptors (Lipinski definition) is 2. The molecule has 0 aliphatic carbocycles. The minimum absolute atomic E-state index is 0.400. The normalized spacial score (nSPS) is 9.73. The standard InChI is InChI=1S/C11H23NO.C2H6/c1-4-11(13)8-6-5-7-9-12-10(2)3;1-2/h10,12H,4-9H2,1-3H3;1-2H3. The number of hydrogen-bond donors (Lipinski definition) is 1. The number of nitrogens with one attached hydrogen (secondary N) is 1. The molecule has 0 amide bonds. The minimum Gasteiger partial charge on any atom is -0.315 e. The zero-order valence-electron chi connectivity index (χ0n) is 11.2. The van der Waals surface area contributed by atoms with Gasteiger partial charge in [0.25, 0.3) is 0 Å². The molecule has 0 aromatic rings. The number of Topliss-reactive ketones (excluding diaryl/α,β-unsaturated/α-hetero) is 1. The zero-order chi connectivity index (χ0) is 12.1. The van der Waals surface area contributed by atoms with Gasteiger partial charge in [-0.25, -0.2) is 0 Å². The van der Waals surface area contributed by atoms with Crippen molar-refractivity contribution in [2.24, 2.45) is 0 Å². The van der Waals surface area contributed by atoms with E-state index in [4.69, 9.17) is 0 Å². The van der Waals surface area contributed by atoms with Gasteiger partial charge in [0.2, 0.25) is 0 Å². The van der Waals surface area contributed by atoms with E-state index in [9.17, 15) is 4.79 Å². The van der Waals surface area contributed by atoms with Crippen LogP contribution in [0.15, 0.2) is 0 Å². The third-order valence-corrected chi connectivity index (χ3v) is 2.08. The third kappa shape index (κ3) is 16.3. The summed E-state index contributed by atoms with van der Waals surface area (Å²) in [4.78, 5) is 10.9. The smallest absolute Gasteiger partial charge is 0.132 e. The maximum atomic E-state index is 10.9. The highest BCUT2D eigenvalue weighted by molar-refractivity contribution is 5.77. The summed E-state index contributed by atoms with van der Waals surface area (Å²) < 4.78 is 0. The molecule has 0 spiro atoms. The van der Waals surface area contributed by atoms with E-state index in [2.05, 4.69) is 19.2 Å². The lowest BCUT2D eigenvalue weighted by molar-refractivity contribution is -0.118. The van der Waals surface area contributed by atoms with E-state index in [-0.39, 0.29) is 0 Å². The van der Waals surface area contributed by atoms with E-state index < -0.39 is 0 Å². The number of rotatable bonds is 8. The number of ketones is 1. The number of carbonyl (C=O) groups is 1. The van der Waals surface area contributed by atoms with Gasteiger partial charge in [0, 0.05) is 18.9 Å². The summed E-state index contributed by atoms with van der Waals surface area (Å²) in [5.41, 5.74) is 0. The van der Waals surface area contributed by atoms with Gasteiger partial charge >= 0.3 is 0 Å². The molecule has 15 heavy (non-hydrogen) atoms. The molecule has 0 unspecified atom stereocenters. The van der Waals surface area contributed by atoms with Crippen LogP contribution in [0, 0.1) is 0 Å². The predicted molar refractivity (Wildman–Crippen MR) is 68.3 cm³/mol. The van der Waals surface area contributed by atoms with Crippen molar-refractivity contribution in [2.45, 2.75) is 72.8 Å². The molecule has 0 aliphatic heterocycles. The molecule has 0 rings (SSSR count). The average molecular weight is 215 g/mol. The van der Waals surface area contributed by atoms with Crippen molar-refractivity contribution in [1.29, 1.82) is 0 Å². The maximum Gasteiger partial charge on any atom is 0.132 e. The first-order chi connectivity index (χ1) is 7.16. The van der Waals surface area contributed by atoms with E-state index in [0.29, 0.717) is 18.2 Å². The Bertz CT molecular complexity index is 132. The van der Waals surface area contributed by atoms with E-state index in [1.165, 1.54) is 12.8 Å². The SMILES string of the molecule is CC.CCC(=O)CCCCCNC(C)C. The van der Waals surface area contributed by atoms with Crippen LogP contribution in [0.3, 0.4) is 0 Å². The first-order valence-electron chi connectivity index (χ1n) is 6.42. The van der Waals surface area contributed by atoms with Gasteiger partial charge in [0.1, 0.15) is 5.78 Å². The molecule has 0 bridgehead atoms. The second-order valence-corrected chi connectivity index (χ2v) is 3.81. The van der Waals surface area contributed by atoms with E-state index in [1.54, 1.807) is 0 Å². The monoisotopic (exact) mass is 215 g/mol. The first kappa shape index (κ1) is 17.0. The topological polar surface area (TPSA) is 29.1 Å². The Morgan fingerprint density at radius 1 is 1.13 bits per heavy atom. The Morgan fingerprint density at radius 2 is 1.73 bits per heavy atom. The van der Waals surface area contributed by atoms with Gasteiger partial charge in [0.05, 0.1) is 0 Å². The van der Waals surface area contributed by atoms with Gasteiger partial charge in [-0.1, -0.05) is 41.0 Å². The average Bonchev–Trinajstić information content (AvgIpc) is 2.25. The molecule has 0 aliphatic rings. The molecule has 0 aromatic carbocycles. The molecule has 0 atom stereocenters. The number of unbranched alkanes of at least 4 members (excludes halogenated alkanes) is 2. The first-order valence-corrected chi connectivity index (χ1v) is 6.42. The Morgan fingerprint density at radius 3 is 2.20 bits per heavy atom. The molecule has 2 nitrogen and oxygen atoms in total. The molecule has 0 heterocycles. The molecule has 0 aromatic heterocycles. The summed E-state index contributed by atoms with van der Waals surface area (Å²) in [6, 6.07) is 0.581. The van der Waals surface area contributed by atoms with Crippen molar-refractivity contribution in [3.05, 3.63) is 0 Å². The van der Waals surface area contributed by atoms with E-state index >= 15 is 0 Å². The van der Waals surface area contributed by atoms with Crippen LogP contribution in [-0.4, -0.2) is 18.4 Å². The Labute approximate surface area is 95.8 Å². The second-order valence-electron chi connectivity index (χ2n) is 3.81. The highest BCUT2D eigenvalue weighted by atomic mass is 16.1. The van der Waals surface area contributed by atoms with Crippen molar-refractivity contribution < 1.29 is 4.79 Å². The van der Waals surface area contributed by atoms with E-state index in [0.717, 1.165) is 19.4 Å². The highest BCUT2D eigenvalue weighted by Crippen LogP contribution is 2.01. The van der Waals surface area contributed by atoms with Crippen LogP contribution in [-0.2, 0) is 4.79 Å². The molecular weight excluding hydrogens is 186 g/mol. The third-order valence-electron chi connectivity index (χ3n) is 2.08. The molecule has 0 fully saturated rings. The second kappa shape index (κ2) is 13.6. The fraction of sp³-hybridized carbons (Fsp3) is 0.923. The van der Waals surface area contributed by atoms with E-state index in [1.807, 2.05) is 20.8 Å². The fourth-order valence-electron chi connectivity index (χ4n) is 1.19. The van der Waals surface area contributed by atoms with Gasteiger partial charge < -0.3 is 5.32 Å². The lowest BCUT2D eigenvalue weighted by Crippen LogP contribution is -2.23. The van der Waals surface area contributed by atoms with Crippen LogP contribution in [0.5, 0.6) is 0 Å². The van der Waals surface area contributed by atoms with Crippen molar-refractivity contribution in [3.63, 3.8) is 0 Å². The van der Waals surface area contributed by atoms with Crippen molar-refractivity contribution >= 4 is 5.78 Å². The van der Waals surface area contributed by atoms with Crippen LogP contribution in [0.25, 0.3) is 0 Å². The quantitative estimate of drug-likeness (QED) is 0.627. The predicted octanol–water partition coefficient (Wildman–Crippen LogP) is 3.55. The lowest BCUT2D eigenvalue weighted by atomic mass is 10.1. The molecule has 0 saturated heterocycles. The molecule has 1 N–H and O–H groups in total. The number of carbonyl (C=O) groups excluding carboxylic acids is 1. The Kier molecular flexibility index (Phi) is 15.5. The molecule has 0 saturated carbocycles. The maximum absolute atomic E-state index is 10.9. The summed E-state index contributed by atoms with van der Waals surface area (Å²) >= 11 is 0. The van der Waals surface area contributed by atoms with Gasteiger partial charge in [-0.05, 0) is 19.4 Å². The van der Waals surface area contributed by atoms with Gasteiger partial charge in [-0.2, -0.15) is 0 Å². The van der Waals surface area contributed by atoms with Crippen molar-refractivity contribution in [2.75, 3.05) is 6.54 Å².